The number of hydrogen-bond donors (Lipinski definition) is 0. The molecule has 0 aliphatic heterocycles. The molecular weight excluding hydrogens is 432 g/mol. The van der Waals surface area contributed by atoms with E-state index in [0.29, 0.717) is 0 Å². The van der Waals surface area contributed by atoms with Gasteiger partial charge in [-0.1, -0.05) is 100.0 Å². The predicted molar refractivity (Wildman–Crippen MR) is 154 cm³/mol. The quantitative estimate of drug-likeness (QED) is 0.232. The molecule has 0 heterocycles. The average Bonchev–Trinajstić information content (AvgIpc) is 3.23. The van der Waals surface area contributed by atoms with Gasteiger partial charge >= 0.3 is 0 Å². The van der Waals surface area contributed by atoms with E-state index in [-0.39, 0.29) is 10.8 Å². The molecule has 0 radical (unpaired) electrons. The summed E-state index contributed by atoms with van der Waals surface area (Å²) in [4.78, 5) is 0. The normalized spacial score (nSPS) is 15.9. The summed E-state index contributed by atoms with van der Waals surface area (Å²) in [5, 5.41) is 2.71. The fourth-order valence-electron chi connectivity index (χ4n) is 7.02. The zero-order valence-corrected chi connectivity index (χ0v) is 22.1. The van der Waals surface area contributed by atoms with Gasteiger partial charge in [0.2, 0.25) is 0 Å². The predicted octanol–water partition coefficient (Wildman–Crippen LogP) is 9.74. The van der Waals surface area contributed by atoms with Gasteiger partial charge in [0.15, 0.2) is 0 Å². The van der Waals surface area contributed by atoms with Crippen molar-refractivity contribution in [3.05, 3.63) is 118 Å². The van der Waals surface area contributed by atoms with Crippen molar-refractivity contribution in [1.29, 1.82) is 0 Å². The minimum atomic E-state index is -0.0715. The lowest BCUT2D eigenvalue weighted by atomic mass is 9.78. The molecule has 2 aliphatic carbocycles. The van der Waals surface area contributed by atoms with Crippen LogP contribution in [-0.4, -0.2) is 0 Å². The molecule has 5 aromatic carbocycles. The van der Waals surface area contributed by atoms with Crippen LogP contribution in [-0.2, 0) is 10.8 Å². The first-order valence-corrected chi connectivity index (χ1v) is 13.1. The maximum atomic E-state index is 2.53. The Morgan fingerprint density at radius 3 is 1.86 bits per heavy atom. The van der Waals surface area contributed by atoms with Crippen molar-refractivity contribution < 1.29 is 0 Å². The first-order valence-electron chi connectivity index (χ1n) is 13.1. The molecule has 0 aromatic heterocycles. The summed E-state index contributed by atoms with van der Waals surface area (Å²) in [6, 6.07) is 32.4. The summed E-state index contributed by atoms with van der Waals surface area (Å²) < 4.78 is 0. The molecular formula is C36H32. The molecule has 176 valence electrons. The lowest BCUT2D eigenvalue weighted by molar-refractivity contribution is 0.652. The van der Waals surface area contributed by atoms with Crippen LogP contribution in [0.1, 0.15) is 61.1 Å². The van der Waals surface area contributed by atoms with Crippen LogP contribution in [0.5, 0.6) is 0 Å². The van der Waals surface area contributed by atoms with E-state index < -0.39 is 0 Å². The lowest BCUT2D eigenvalue weighted by Gasteiger charge is -2.24. The monoisotopic (exact) mass is 464 g/mol. The van der Waals surface area contributed by atoms with Gasteiger partial charge in [-0.25, -0.2) is 0 Å². The van der Waals surface area contributed by atoms with Gasteiger partial charge in [-0.05, 0) is 104 Å². The number of fused-ring (bicyclic) bond motifs is 8. The van der Waals surface area contributed by atoms with Crippen LogP contribution in [0, 0.1) is 13.8 Å². The minimum absolute atomic E-state index is 0.00226. The van der Waals surface area contributed by atoms with E-state index >= 15 is 0 Å². The first-order chi connectivity index (χ1) is 17.2. The van der Waals surface area contributed by atoms with Gasteiger partial charge < -0.3 is 0 Å². The van der Waals surface area contributed by atoms with Crippen LogP contribution in [0.15, 0.2) is 84.9 Å². The van der Waals surface area contributed by atoms with Crippen molar-refractivity contribution in [3.8, 4) is 33.4 Å². The summed E-state index contributed by atoms with van der Waals surface area (Å²) in [6.07, 6.45) is 0. The van der Waals surface area contributed by atoms with Gasteiger partial charge in [-0.2, -0.15) is 0 Å². The summed E-state index contributed by atoms with van der Waals surface area (Å²) in [7, 11) is 0. The smallest absolute Gasteiger partial charge is 0.0159 e. The van der Waals surface area contributed by atoms with Gasteiger partial charge in [0.05, 0.1) is 0 Å². The third-order valence-electron chi connectivity index (χ3n) is 9.07. The maximum absolute atomic E-state index is 2.53. The van der Waals surface area contributed by atoms with E-state index in [1.54, 1.807) is 0 Å². The van der Waals surface area contributed by atoms with E-state index in [1.165, 1.54) is 77.5 Å². The summed E-state index contributed by atoms with van der Waals surface area (Å²) in [6.45, 7) is 14.0. The highest BCUT2D eigenvalue weighted by molar-refractivity contribution is 6.09. The Balaban J connectivity index is 1.57. The van der Waals surface area contributed by atoms with Crippen molar-refractivity contribution >= 4 is 10.8 Å². The van der Waals surface area contributed by atoms with Crippen LogP contribution in [0.25, 0.3) is 44.2 Å². The molecule has 0 unspecified atom stereocenters. The molecule has 0 saturated heterocycles. The molecule has 0 heteroatoms. The topological polar surface area (TPSA) is 0 Å². The van der Waals surface area contributed by atoms with Gasteiger partial charge in [0, 0.05) is 10.8 Å². The molecule has 0 nitrogen and oxygen atoms in total. The Hall–Kier alpha value is -3.64. The van der Waals surface area contributed by atoms with E-state index in [1.807, 2.05) is 0 Å². The molecule has 0 atom stereocenters. The number of benzene rings is 5. The SMILES string of the molecule is Cc1ccc(C)c(-c2cc3c(c4ccccc24)-c2cc4c(cc2C3(C)C)-c2ccccc2C4(C)C)c1. The van der Waals surface area contributed by atoms with E-state index in [2.05, 4.69) is 126 Å². The van der Waals surface area contributed by atoms with Crippen molar-refractivity contribution in [3.63, 3.8) is 0 Å². The van der Waals surface area contributed by atoms with Crippen molar-refractivity contribution in [2.24, 2.45) is 0 Å². The first kappa shape index (κ1) is 21.6. The minimum Gasteiger partial charge on any atom is -0.0619 e. The largest absolute Gasteiger partial charge is 0.0619 e. The van der Waals surface area contributed by atoms with Crippen molar-refractivity contribution in [2.75, 3.05) is 0 Å². The third-order valence-corrected chi connectivity index (χ3v) is 9.07. The highest BCUT2D eigenvalue weighted by Gasteiger charge is 2.42. The standard InChI is InChI=1S/C36H32/c1-21-15-16-22(2)26(17-21)27-18-33-34(25-13-8-7-11-23(25)27)29-20-31-28(19-32(29)36(33,5)6)24-12-9-10-14-30(24)35(31,3)4/h7-20H,1-6H3. The maximum Gasteiger partial charge on any atom is 0.0159 e. The highest BCUT2D eigenvalue weighted by atomic mass is 14.4. The molecule has 7 rings (SSSR count). The molecule has 0 fully saturated rings. The summed E-state index contributed by atoms with van der Waals surface area (Å²) in [5.41, 5.74) is 16.7. The second-order valence-electron chi connectivity index (χ2n) is 11.9. The lowest BCUT2D eigenvalue weighted by Crippen LogP contribution is -2.17. The number of rotatable bonds is 1. The molecule has 0 bridgehead atoms. The molecule has 0 N–H and O–H groups in total. The summed E-state index contributed by atoms with van der Waals surface area (Å²) >= 11 is 0. The van der Waals surface area contributed by atoms with Crippen LogP contribution in [0.3, 0.4) is 0 Å². The molecule has 5 aromatic rings. The van der Waals surface area contributed by atoms with Gasteiger partial charge in [0.25, 0.3) is 0 Å². The molecule has 0 amide bonds. The van der Waals surface area contributed by atoms with Crippen LogP contribution in [0.4, 0.5) is 0 Å². The third kappa shape index (κ3) is 2.65. The highest BCUT2D eigenvalue weighted by Crippen LogP contribution is 2.58. The Morgan fingerprint density at radius 1 is 0.444 bits per heavy atom. The van der Waals surface area contributed by atoms with E-state index in [4.69, 9.17) is 0 Å². The van der Waals surface area contributed by atoms with Crippen LogP contribution < -0.4 is 0 Å². The van der Waals surface area contributed by atoms with Crippen LogP contribution >= 0.6 is 0 Å². The fraction of sp³-hybridized carbons (Fsp3) is 0.222. The zero-order valence-electron chi connectivity index (χ0n) is 22.1. The van der Waals surface area contributed by atoms with Crippen molar-refractivity contribution in [1.82, 2.24) is 0 Å². The molecule has 2 aliphatic rings. The molecule has 36 heavy (non-hydrogen) atoms. The summed E-state index contributed by atoms with van der Waals surface area (Å²) in [5.74, 6) is 0. The fourth-order valence-corrected chi connectivity index (χ4v) is 7.02. The second-order valence-corrected chi connectivity index (χ2v) is 11.9. The van der Waals surface area contributed by atoms with Gasteiger partial charge in [0.1, 0.15) is 0 Å². The Labute approximate surface area is 214 Å². The Morgan fingerprint density at radius 2 is 1.06 bits per heavy atom. The number of hydrogen-bond acceptors (Lipinski definition) is 0. The number of aryl methyl sites for hydroxylation is 2. The van der Waals surface area contributed by atoms with Crippen LogP contribution in [0.2, 0.25) is 0 Å². The Kier molecular flexibility index (Phi) is 4.19. The van der Waals surface area contributed by atoms with Crippen molar-refractivity contribution in [2.45, 2.75) is 52.4 Å². The van der Waals surface area contributed by atoms with E-state index in [9.17, 15) is 0 Å². The molecule has 0 spiro atoms. The second kappa shape index (κ2) is 6.98. The Bertz CT molecular complexity index is 1740. The van der Waals surface area contributed by atoms with E-state index in [0.717, 1.165) is 0 Å². The average molecular weight is 465 g/mol. The zero-order chi connectivity index (χ0) is 25.0. The molecule has 0 saturated carbocycles. The van der Waals surface area contributed by atoms with Gasteiger partial charge in [-0.15, -0.1) is 0 Å². The van der Waals surface area contributed by atoms with Gasteiger partial charge in [-0.3, -0.25) is 0 Å².